The summed E-state index contributed by atoms with van der Waals surface area (Å²) in [6.45, 7) is 1.77. The SMILES string of the molecule is COC(=O)c1ccc(NC(=O)c2cc(C)nc(Nc3ccccc3OC)n2)cc1. The van der Waals surface area contributed by atoms with Gasteiger partial charge in [0.15, 0.2) is 0 Å². The lowest BCUT2D eigenvalue weighted by molar-refractivity contribution is 0.0600. The first-order chi connectivity index (χ1) is 14.0. The van der Waals surface area contributed by atoms with E-state index in [1.165, 1.54) is 7.11 Å². The number of nitrogens with zero attached hydrogens (tertiary/aromatic N) is 2. The lowest BCUT2D eigenvalue weighted by Crippen LogP contribution is -2.15. The predicted molar refractivity (Wildman–Crippen MR) is 109 cm³/mol. The minimum absolute atomic E-state index is 0.201. The number of rotatable bonds is 6. The van der Waals surface area contributed by atoms with E-state index in [0.29, 0.717) is 28.4 Å². The van der Waals surface area contributed by atoms with E-state index in [2.05, 4.69) is 25.3 Å². The Bertz CT molecular complexity index is 1040. The summed E-state index contributed by atoms with van der Waals surface area (Å²) >= 11 is 0. The maximum Gasteiger partial charge on any atom is 0.337 e. The molecule has 29 heavy (non-hydrogen) atoms. The topological polar surface area (TPSA) is 102 Å². The average molecular weight is 392 g/mol. The molecule has 0 radical (unpaired) electrons. The minimum atomic E-state index is -0.443. The van der Waals surface area contributed by atoms with Gasteiger partial charge in [0.25, 0.3) is 5.91 Å². The number of carbonyl (C=O) groups excluding carboxylic acids is 2. The van der Waals surface area contributed by atoms with E-state index in [0.717, 1.165) is 0 Å². The first kappa shape index (κ1) is 19.8. The van der Waals surface area contributed by atoms with Crippen molar-refractivity contribution in [3.8, 4) is 5.75 Å². The summed E-state index contributed by atoms with van der Waals surface area (Å²) in [5.41, 5.74) is 2.44. The van der Waals surface area contributed by atoms with Crippen LogP contribution in [0.2, 0.25) is 0 Å². The molecule has 0 unspecified atom stereocenters. The maximum atomic E-state index is 12.6. The summed E-state index contributed by atoms with van der Waals surface area (Å²) in [5, 5.41) is 5.82. The maximum absolute atomic E-state index is 12.6. The van der Waals surface area contributed by atoms with E-state index < -0.39 is 11.9 Å². The van der Waals surface area contributed by atoms with E-state index in [4.69, 9.17) is 4.74 Å². The van der Waals surface area contributed by atoms with Crippen molar-refractivity contribution in [1.82, 2.24) is 9.97 Å². The monoisotopic (exact) mass is 392 g/mol. The van der Waals surface area contributed by atoms with E-state index in [1.54, 1.807) is 44.4 Å². The van der Waals surface area contributed by atoms with Crippen molar-refractivity contribution < 1.29 is 19.1 Å². The van der Waals surface area contributed by atoms with Gasteiger partial charge in [-0.1, -0.05) is 12.1 Å². The molecule has 1 amide bonds. The van der Waals surface area contributed by atoms with Gasteiger partial charge >= 0.3 is 5.97 Å². The molecule has 8 heteroatoms. The Balaban J connectivity index is 1.78. The lowest BCUT2D eigenvalue weighted by Gasteiger charge is -2.11. The predicted octanol–water partition coefficient (Wildman–Crippen LogP) is 3.58. The second kappa shape index (κ2) is 8.83. The van der Waals surface area contributed by atoms with Crippen LogP contribution < -0.4 is 15.4 Å². The van der Waals surface area contributed by atoms with Crippen LogP contribution in [0.5, 0.6) is 5.75 Å². The molecule has 0 bridgehead atoms. The number of aryl methyl sites for hydroxylation is 1. The molecule has 2 N–H and O–H groups in total. The van der Waals surface area contributed by atoms with E-state index in [9.17, 15) is 9.59 Å². The van der Waals surface area contributed by atoms with Gasteiger partial charge in [0.1, 0.15) is 11.4 Å². The van der Waals surface area contributed by atoms with Crippen LogP contribution in [0.25, 0.3) is 0 Å². The van der Waals surface area contributed by atoms with Gasteiger partial charge in [0.2, 0.25) is 5.95 Å². The van der Waals surface area contributed by atoms with Crippen LogP contribution in [0.15, 0.2) is 54.6 Å². The minimum Gasteiger partial charge on any atom is -0.495 e. The molecule has 1 heterocycles. The van der Waals surface area contributed by atoms with E-state index >= 15 is 0 Å². The van der Waals surface area contributed by atoms with Crippen molar-refractivity contribution in [3.63, 3.8) is 0 Å². The third-order valence-electron chi connectivity index (χ3n) is 4.00. The Labute approximate surface area is 167 Å². The van der Waals surface area contributed by atoms with Gasteiger partial charge in [0.05, 0.1) is 25.5 Å². The molecule has 0 saturated heterocycles. The lowest BCUT2D eigenvalue weighted by atomic mass is 10.2. The van der Waals surface area contributed by atoms with Gasteiger partial charge in [-0.3, -0.25) is 4.79 Å². The number of para-hydroxylation sites is 2. The van der Waals surface area contributed by atoms with Crippen molar-refractivity contribution in [3.05, 3.63) is 71.5 Å². The van der Waals surface area contributed by atoms with Crippen LogP contribution in [0.4, 0.5) is 17.3 Å². The van der Waals surface area contributed by atoms with Crippen LogP contribution in [-0.2, 0) is 4.74 Å². The molecule has 148 valence electrons. The zero-order chi connectivity index (χ0) is 20.8. The fraction of sp³-hybridized carbons (Fsp3) is 0.143. The number of aromatic nitrogens is 2. The number of methoxy groups -OCH3 is 2. The Morgan fingerprint density at radius 2 is 1.69 bits per heavy atom. The first-order valence-corrected chi connectivity index (χ1v) is 8.75. The number of hydrogen-bond acceptors (Lipinski definition) is 7. The zero-order valence-corrected chi connectivity index (χ0v) is 16.2. The smallest absolute Gasteiger partial charge is 0.337 e. The Morgan fingerprint density at radius 1 is 0.966 bits per heavy atom. The summed E-state index contributed by atoms with van der Waals surface area (Å²) in [6.07, 6.45) is 0. The van der Waals surface area contributed by atoms with Gasteiger partial charge in [-0.15, -0.1) is 0 Å². The highest BCUT2D eigenvalue weighted by Gasteiger charge is 2.13. The molecule has 1 aromatic heterocycles. The largest absolute Gasteiger partial charge is 0.495 e. The van der Waals surface area contributed by atoms with E-state index in [-0.39, 0.29) is 11.6 Å². The molecule has 0 atom stereocenters. The summed E-state index contributed by atoms with van der Waals surface area (Å²) in [6, 6.07) is 15.3. The second-order valence-corrected chi connectivity index (χ2v) is 6.07. The van der Waals surface area contributed by atoms with Crippen molar-refractivity contribution in [1.29, 1.82) is 0 Å². The summed E-state index contributed by atoms with van der Waals surface area (Å²) < 4.78 is 9.97. The molecular weight excluding hydrogens is 372 g/mol. The van der Waals surface area contributed by atoms with Gasteiger partial charge in [-0.2, -0.15) is 0 Å². The molecule has 3 aromatic rings. The Hall–Kier alpha value is -3.94. The number of esters is 1. The highest BCUT2D eigenvalue weighted by molar-refractivity contribution is 6.03. The number of ether oxygens (including phenoxy) is 2. The van der Waals surface area contributed by atoms with Gasteiger partial charge in [-0.05, 0) is 49.4 Å². The van der Waals surface area contributed by atoms with Gasteiger partial charge < -0.3 is 20.1 Å². The highest BCUT2D eigenvalue weighted by Crippen LogP contribution is 2.25. The number of benzene rings is 2. The Morgan fingerprint density at radius 3 is 2.38 bits per heavy atom. The summed E-state index contributed by atoms with van der Waals surface area (Å²) in [4.78, 5) is 32.7. The molecule has 0 saturated carbocycles. The first-order valence-electron chi connectivity index (χ1n) is 8.75. The van der Waals surface area contributed by atoms with Gasteiger partial charge in [-0.25, -0.2) is 14.8 Å². The number of carbonyl (C=O) groups is 2. The fourth-order valence-corrected chi connectivity index (χ4v) is 2.61. The van der Waals surface area contributed by atoms with Crippen LogP contribution >= 0.6 is 0 Å². The summed E-state index contributed by atoms with van der Waals surface area (Å²) in [7, 11) is 2.88. The van der Waals surface area contributed by atoms with E-state index in [1.807, 2.05) is 24.3 Å². The standard InChI is InChI=1S/C21H20N4O4/c1-13-12-17(19(26)23-15-10-8-14(9-11-15)20(27)29-3)25-21(22-13)24-16-6-4-5-7-18(16)28-2/h4-12H,1-3H3,(H,23,26)(H,22,24,25). The molecule has 8 nitrogen and oxygen atoms in total. The molecule has 0 aliphatic heterocycles. The molecule has 2 aromatic carbocycles. The molecule has 0 fully saturated rings. The van der Waals surface area contributed by atoms with Crippen molar-refractivity contribution in [2.24, 2.45) is 0 Å². The van der Waals surface area contributed by atoms with Crippen molar-refractivity contribution in [2.45, 2.75) is 6.92 Å². The molecular formula is C21H20N4O4. The molecule has 3 rings (SSSR count). The quantitative estimate of drug-likeness (QED) is 0.618. The highest BCUT2D eigenvalue weighted by atomic mass is 16.5. The number of nitrogens with one attached hydrogen (secondary N) is 2. The number of hydrogen-bond donors (Lipinski definition) is 2. The zero-order valence-electron chi connectivity index (χ0n) is 16.2. The molecule has 0 aliphatic rings. The molecule has 0 aliphatic carbocycles. The third kappa shape index (κ3) is 4.86. The van der Waals surface area contributed by atoms with Crippen LogP contribution in [0.1, 0.15) is 26.5 Å². The fourth-order valence-electron chi connectivity index (χ4n) is 2.61. The van der Waals surface area contributed by atoms with Crippen molar-refractivity contribution >= 4 is 29.2 Å². The van der Waals surface area contributed by atoms with Crippen LogP contribution in [0.3, 0.4) is 0 Å². The van der Waals surface area contributed by atoms with Gasteiger partial charge in [0, 0.05) is 11.4 Å². The second-order valence-electron chi connectivity index (χ2n) is 6.07. The average Bonchev–Trinajstić information content (AvgIpc) is 2.73. The van der Waals surface area contributed by atoms with Crippen molar-refractivity contribution in [2.75, 3.05) is 24.9 Å². The third-order valence-corrected chi connectivity index (χ3v) is 4.00. The summed E-state index contributed by atoms with van der Waals surface area (Å²) in [5.74, 6) is 0.0701. The Kier molecular flexibility index (Phi) is 6.03. The number of anilines is 3. The normalized spacial score (nSPS) is 10.2. The number of amides is 1. The van der Waals surface area contributed by atoms with Crippen LogP contribution in [-0.4, -0.2) is 36.1 Å². The molecule has 0 spiro atoms. The van der Waals surface area contributed by atoms with Crippen LogP contribution in [0, 0.1) is 6.92 Å².